The van der Waals surface area contributed by atoms with Gasteiger partial charge in [-0.3, -0.25) is 0 Å². The lowest BCUT2D eigenvalue weighted by Crippen LogP contribution is -2.40. The highest BCUT2D eigenvalue weighted by atomic mass is 16.4. The van der Waals surface area contributed by atoms with Crippen LogP contribution in [0.5, 0.6) is 0 Å². The largest absolute Gasteiger partial charge is 0.479 e. The van der Waals surface area contributed by atoms with Crippen LogP contribution in [0, 0.1) is 0 Å². The molecule has 0 aromatic rings. The Labute approximate surface area is 65.2 Å². The van der Waals surface area contributed by atoms with E-state index in [1.807, 2.05) is 0 Å². The van der Waals surface area contributed by atoms with Gasteiger partial charge in [0.2, 0.25) is 0 Å². The summed E-state index contributed by atoms with van der Waals surface area (Å²) in [5, 5.41) is 17.9. The van der Waals surface area contributed by atoms with Crippen LogP contribution in [0.3, 0.4) is 0 Å². The predicted molar refractivity (Wildman–Crippen MR) is 39.3 cm³/mol. The molecule has 0 atom stereocenters. The van der Waals surface area contributed by atoms with Crippen LogP contribution in [-0.2, 0) is 4.79 Å². The topological polar surface area (TPSA) is 89.0 Å². The van der Waals surface area contributed by atoms with Gasteiger partial charge in [-0.05, 0) is 25.7 Å². The first-order valence-corrected chi connectivity index (χ1v) is 3.61. The number of carbonyl (C=O) groups is 1. The number of hydrogen-bond acceptors (Lipinski definition) is 2. The fourth-order valence-electron chi connectivity index (χ4n) is 1.35. The summed E-state index contributed by atoms with van der Waals surface area (Å²) >= 11 is 0. The molecule has 1 rings (SSSR count). The number of carboxylic acid groups (broad SMARTS) is 1. The lowest BCUT2D eigenvalue weighted by Gasteiger charge is -2.27. The van der Waals surface area contributed by atoms with Gasteiger partial charge >= 0.3 is 5.97 Å². The Morgan fingerprint density at radius 1 is 1.18 bits per heavy atom. The number of hydrogen-bond donors (Lipinski definition) is 2. The molecule has 1 fully saturated rings. The van der Waals surface area contributed by atoms with Gasteiger partial charge in [0, 0.05) is 0 Å². The Bertz CT molecular complexity index is 137. The van der Waals surface area contributed by atoms with Crippen molar-refractivity contribution in [3.05, 3.63) is 0 Å². The summed E-state index contributed by atoms with van der Waals surface area (Å²) in [6, 6.07) is 0. The smallest absolute Gasteiger partial charge is 0.335 e. The molecule has 11 heavy (non-hydrogen) atoms. The van der Waals surface area contributed by atoms with Crippen molar-refractivity contribution in [3.8, 4) is 0 Å². The maximum atomic E-state index is 10.4. The minimum absolute atomic E-state index is 0. The minimum Gasteiger partial charge on any atom is -0.479 e. The normalized spacial score (nSPS) is 21.9. The first kappa shape index (κ1) is 10.4. The van der Waals surface area contributed by atoms with Crippen LogP contribution in [0.4, 0.5) is 0 Å². The quantitative estimate of drug-likeness (QED) is 0.566. The van der Waals surface area contributed by atoms with Crippen LogP contribution in [-0.4, -0.2) is 27.3 Å². The van der Waals surface area contributed by atoms with Crippen molar-refractivity contribution in [1.82, 2.24) is 0 Å². The van der Waals surface area contributed by atoms with E-state index >= 15 is 0 Å². The Balaban J connectivity index is 0.000001000. The minimum atomic E-state index is -1.40. The SMILES string of the molecule is O.O=C(O)C1(O)CCCCC1. The second-order valence-corrected chi connectivity index (χ2v) is 2.90. The summed E-state index contributed by atoms with van der Waals surface area (Å²) < 4.78 is 0. The van der Waals surface area contributed by atoms with Crippen LogP contribution in [0.15, 0.2) is 0 Å². The molecule has 66 valence electrons. The van der Waals surface area contributed by atoms with Gasteiger partial charge in [-0.2, -0.15) is 0 Å². The summed E-state index contributed by atoms with van der Waals surface area (Å²) in [5.41, 5.74) is -1.40. The van der Waals surface area contributed by atoms with E-state index in [0.29, 0.717) is 12.8 Å². The summed E-state index contributed by atoms with van der Waals surface area (Å²) in [7, 11) is 0. The van der Waals surface area contributed by atoms with Gasteiger partial charge in [0.05, 0.1) is 0 Å². The van der Waals surface area contributed by atoms with E-state index in [-0.39, 0.29) is 5.48 Å². The van der Waals surface area contributed by atoms with Crippen LogP contribution in [0.1, 0.15) is 32.1 Å². The highest BCUT2D eigenvalue weighted by molar-refractivity contribution is 5.77. The second kappa shape index (κ2) is 3.69. The van der Waals surface area contributed by atoms with Crippen molar-refractivity contribution < 1.29 is 20.5 Å². The summed E-state index contributed by atoms with van der Waals surface area (Å²) in [4.78, 5) is 10.4. The molecule has 0 spiro atoms. The van der Waals surface area contributed by atoms with Crippen LogP contribution < -0.4 is 0 Å². The maximum absolute atomic E-state index is 10.4. The highest BCUT2D eigenvalue weighted by Gasteiger charge is 2.36. The molecule has 0 amide bonds. The fraction of sp³-hybridized carbons (Fsp3) is 0.857. The van der Waals surface area contributed by atoms with Gasteiger partial charge in [-0.15, -0.1) is 0 Å². The average Bonchev–Trinajstić information content (AvgIpc) is 1.89. The molecule has 0 aromatic heterocycles. The van der Waals surface area contributed by atoms with E-state index in [9.17, 15) is 9.90 Å². The van der Waals surface area contributed by atoms with E-state index in [2.05, 4.69) is 0 Å². The number of aliphatic hydroxyl groups is 1. The maximum Gasteiger partial charge on any atom is 0.335 e. The standard InChI is InChI=1S/C7H12O3.H2O/c8-6(9)7(10)4-2-1-3-5-7;/h10H,1-5H2,(H,8,9);1H2. The Morgan fingerprint density at radius 3 is 1.91 bits per heavy atom. The molecule has 0 aliphatic heterocycles. The van der Waals surface area contributed by atoms with Crippen molar-refractivity contribution in [1.29, 1.82) is 0 Å². The highest BCUT2D eigenvalue weighted by Crippen LogP contribution is 2.27. The summed E-state index contributed by atoms with van der Waals surface area (Å²) in [6.07, 6.45) is 3.56. The van der Waals surface area contributed by atoms with Crippen LogP contribution in [0.2, 0.25) is 0 Å². The third-order valence-electron chi connectivity index (χ3n) is 2.08. The van der Waals surface area contributed by atoms with Crippen LogP contribution >= 0.6 is 0 Å². The zero-order chi connectivity index (χ0) is 7.61. The van der Waals surface area contributed by atoms with E-state index in [1.165, 1.54) is 0 Å². The molecule has 1 aliphatic carbocycles. The van der Waals surface area contributed by atoms with Crippen molar-refractivity contribution in [2.45, 2.75) is 37.7 Å². The van der Waals surface area contributed by atoms with E-state index in [4.69, 9.17) is 5.11 Å². The molecule has 1 aliphatic rings. The molecule has 0 aromatic carbocycles. The molecule has 0 saturated heterocycles. The molecule has 0 unspecified atom stereocenters. The molecule has 1 saturated carbocycles. The van der Waals surface area contributed by atoms with Crippen molar-refractivity contribution >= 4 is 5.97 Å². The third-order valence-corrected chi connectivity index (χ3v) is 2.08. The molecule has 4 N–H and O–H groups in total. The number of carboxylic acids is 1. The molecular weight excluding hydrogens is 148 g/mol. The summed E-state index contributed by atoms with van der Waals surface area (Å²) in [5.74, 6) is -1.06. The van der Waals surface area contributed by atoms with E-state index in [1.54, 1.807) is 0 Å². The third kappa shape index (κ3) is 2.17. The van der Waals surface area contributed by atoms with Gasteiger partial charge in [-0.25, -0.2) is 4.79 Å². The average molecular weight is 162 g/mol. The summed E-state index contributed by atoms with van der Waals surface area (Å²) in [6.45, 7) is 0. The zero-order valence-electron chi connectivity index (χ0n) is 6.34. The fourth-order valence-corrected chi connectivity index (χ4v) is 1.35. The molecule has 0 bridgehead atoms. The lowest BCUT2D eigenvalue weighted by molar-refractivity contribution is -0.161. The van der Waals surface area contributed by atoms with Gasteiger partial charge in [0.15, 0.2) is 5.60 Å². The van der Waals surface area contributed by atoms with Gasteiger partial charge in [-0.1, -0.05) is 6.42 Å². The van der Waals surface area contributed by atoms with E-state index in [0.717, 1.165) is 19.3 Å². The molecule has 4 heteroatoms. The van der Waals surface area contributed by atoms with Gasteiger partial charge in [0.1, 0.15) is 0 Å². The Morgan fingerprint density at radius 2 is 1.64 bits per heavy atom. The monoisotopic (exact) mass is 162 g/mol. The molecule has 0 radical (unpaired) electrons. The first-order valence-electron chi connectivity index (χ1n) is 3.61. The Kier molecular flexibility index (Phi) is 3.48. The zero-order valence-corrected chi connectivity index (χ0v) is 6.34. The number of aliphatic carboxylic acids is 1. The van der Waals surface area contributed by atoms with Crippen LogP contribution in [0.25, 0.3) is 0 Å². The Hall–Kier alpha value is -0.610. The van der Waals surface area contributed by atoms with E-state index < -0.39 is 11.6 Å². The second-order valence-electron chi connectivity index (χ2n) is 2.90. The molecule has 0 heterocycles. The predicted octanol–water partition coefficient (Wildman–Crippen LogP) is -0.0585. The van der Waals surface area contributed by atoms with Crippen molar-refractivity contribution in [3.63, 3.8) is 0 Å². The van der Waals surface area contributed by atoms with Gasteiger partial charge < -0.3 is 15.7 Å². The van der Waals surface area contributed by atoms with Crippen molar-refractivity contribution in [2.75, 3.05) is 0 Å². The molecular formula is C7H14O4. The first-order chi connectivity index (χ1) is 4.65. The number of rotatable bonds is 1. The lowest BCUT2D eigenvalue weighted by atomic mass is 9.85. The van der Waals surface area contributed by atoms with Crippen molar-refractivity contribution in [2.24, 2.45) is 0 Å². The van der Waals surface area contributed by atoms with Gasteiger partial charge in [0.25, 0.3) is 0 Å². The molecule has 4 nitrogen and oxygen atoms in total.